The highest BCUT2D eigenvalue weighted by molar-refractivity contribution is 7.17. The fraction of sp³-hybridized carbons (Fsp3) is 0.406. The van der Waals surface area contributed by atoms with Crippen LogP contribution in [0.5, 0.6) is 0 Å². The lowest BCUT2D eigenvalue weighted by Gasteiger charge is -2.28. The fourth-order valence-corrected chi connectivity index (χ4v) is 6.71. The summed E-state index contributed by atoms with van der Waals surface area (Å²) in [7, 11) is 0. The second kappa shape index (κ2) is 14.7. The number of anilines is 1. The molecule has 3 aromatic rings. The third-order valence-corrected chi connectivity index (χ3v) is 8.87. The number of aryl methyl sites for hydroxylation is 2. The molecule has 2 atom stereocenters. The van der Waals surface area contributed by atoms with Crippen LogP contribution in [-0.2, 0) is 41.8 Å². The molecule has 43 heavy (non-hydrogen) atoms. The van der Waals surface area contributed by atoms with Gasteiger partial charge in [-0.25, -0.2) is 8.78 Å². The Bertz CT molecular complexity index is 1460. The van der Waals surface area contributed by atoms with Crippen molar-refractivity contribution in [2.45, 2.75) is 77.0 Å². The van der Waals surface area contributed by atoms with E-state index in [0.29, 0.717) is 16.1 Å². The highest BCUT2D eigenvalue weighted by Crippen LogP contribution is 2.38. The monoisotopic (exact) mass is 612 g/mol. The van der Waals surface area contributed by atoms with Crippen LogP contribution >= 0.6 is 11.3 Å². The van der Waals surface area contributed by atoms with Crippen molar-refractivity contribution in [1.82, 2.24) is 4.90 Å². The summed E-state index contributed by atoms with van der Waals surface area (Å²) in [6.45, 7) is 2.06. The van der Waals surface area contributed by atoms with Gasteiger partial charge in [-0.2, -0.15) is 0 Å². The van der Waals surface area contributed by atoms with Crippen molar-refractivity contribution in [1.29, 1.82) is 0 Å². The average Bonchev–Trinajstić information content (AvgIpc) is 3.33. The van der Waals surface area contributed by atoms with Crippen LogP contribution in [0.1, 0.15) is 70.1 Å². The zero-order valence-corrected chi connectivity index (χ0v) is 25.0. The number of aliphatic hydroxyl groups excluding tert-OH is 1. The number of carbonyl (C=O) groups is 3. The van der Waals surface area contributed by atoms with E-state index in [1.165, 1.54) is 16.2 Å². The van der Waals surface area contributed by atoms with Crippen LogP contribution in [0.4, 0.5) is 13.8 Å². The number of benzene rings is 2. The maximum Gasteiger partial charge on any atom is 0.251 e. The van der Waals surface area contributed by atoms with E-state index in [2.05, 4.69) is 5.32 Å². The van der Waals surface area contributed by atoms with E-state index in [1.807, 2.05) is 31.2 Å². The second-order valence-corrected chi connectivity index (χ2v) is 12.1. The lowest BCUT2D eigenvalue weighted by atomic mass is 9.95. The third-order valence-electron chi connectivity index (χ3n) is 7.66. The van der Waals surface area contributed by atoms with Gasteiger partial charge in [0.05, 0.1) is 11.7 Å². The van der Waals surface area contributed by atoms with Crippen LogP contribution in [0.3, 0.4) is 0 Å². The number of aliphatic hydroxyl groups is 1. The number of nitrogens with one attached hydrogen (secondary N) is 1. The van der Waals surface area contributed by atoms with Crippen molar-refractivity contribution in [3.05, 3.63) is 86.8 Å². The number of halogens is 2. The molecular weight excluding hydrogens is 574 g/mol. The molecule has 0 bridgehead atoms. The van der Waals surface area contributed by atoms with Crippen LogP contribution in [-0.4, -0.2) is 46.4 Å². The molecule has 11 heteroatoms. The molecule has 1 aromatic heterocycles. The lowest BCUT2D eigenvalue weighted by molar-refractivity contribution is -0.135. The maximum atomic E-state index is 13.7. The first kappa shape index (κ1) is 32.2. The summed E-state index contributed by atoms with van der Waals surface area (Å²) in [4.78, 5) is 41.0. The summed E-state index contributed by atoms with van der Waals surface area (Å²) >= 11 is 1.36. The predicted octanol–water partition coefficient (Wildman–Crippen LogP) is 4.24. The van der Waals surface area contributed by atoms with Crippen molar-refractivity contribution >= 4 is 34.1 Å². The molecule has 1 aliphatic carbocycles. The molecular formula is C32H38F2N4O4S. The average molecular weight is 613 g/mol. The first-order valence-electron chi connectivity index (χ1n) is 14.5. The summed E-state index contributed by atoms with van der Waals surface area (Å²) in [6.07, 6.45) is 2.86. The van der Waals surface area contributed by atoms with Crippen molar-refractivity contribution in [2.75, 3.05) is 11.9 Å². The topological polar surface area (TPSA) is 139 Å². The number of carbonyl (C=O) groups excluding carboxylic acids is 3. The molecule has 0 saturated heterocycles. The molecule has 1 heterocycles. The number of nitrogens with zero attached hydrogens (tertiary/aromatic N) is 1. The number of rotatable bonds is 13. The van der Waals surface area contributed by atoms with Gasteiger partial charge in [0.25, 0.3) is 5.91 Å². The van der Waals surface area contributed by atoms with E-state index >= 15 is 0 Å². The van der Waals surface area contributed by atoms with Crippen molar-refractivity contribution in [3.63, 3.8) is 0 Å². The summed E-state index contributed by atoms with van der Waals surface area (Å²) in [5.41, 5.74) is 15.3. The predicted molar refractivity (Wildman–Crippen MR) is 163 cm³/mol. The fourth-order valence-electron chi connectivity index (χ4n) is 5.40. The van der Waals surface area contributed by atoms with Gasteiger partial charge in [0.2, 0.25) is 11.8 Å². The van der Waals surface area contributed by atoms with Crippen LogP contribution in [0.15, 0.2) is 42.5 Å². The van der Waals surface area contributed by atoms with Crippen LogP contribution in [0, 0.1) is 11.6 Å². The molecule has 1 aliphatic rings. The van der Waals surface area contributed by atoms with E-state index in [9.17, 15) is 28.3 Å². The lowest BCUT2D eigenvalue weighted by Crippen LogP contribution is -2.46. The van der Waals surface area contributed by atoms with Crippen LogP contribution in [0.25, 0.3) is 0 Å². The molecule has 0 saturated carbocycles. The minimum atomic E-state index is -1.20. The zero-order chi connectivity index (χ0) is 31.1. The van der Waals surface area contributed by atoms with E-state index in [0.717, 1.165) is 71.9 Å². The number of thiophene rings is 1. The third kappa shape index (κ3) is 8.68. The van der Waals surface area contributed by atoms with E-state index in [4.69, 9.17) is 11.5 Å². The van der Waals surface area contributed by atoms with E-state index in [1.54, 1.807) is 0 Å². The van der Waals surface area contributed by atoms with Crippen molar-refractivity contribution < 1.29 is 28.3 Å². The molecule has 2 aromatic carbocycles. The molecule has 0 fully saturated rings. The van der Waals surface area contributed by atoms with Gasteiger partial charge in [0, 0.05) is 42.9 Å². The first-order valence-corrected chi connectivity index (χ1v) is 15.3. The normalized spacial score (nSPS) is 14.1. The molecule has 0 radical (unpaired) electrons. The number of fused-ring (bicyclic) bond motifs is 1. The molecule has 6 N–H and O–H groups in total. The molecule has 0 aliphatic heterocycles. The summed E-state index contributed by atoms with van der Waals surface area (Å²) in [5.74, 6) is -2.87. The molecule has 4 rings (SSSR count). The van der Waals surface area contributed by atoms with Gasteiger partial charge in [-0.3, -0.25) is 14.4 Å². The number of primary amides is 1. The largest absolute Gasteiger partial charge is 0.390 e. The van der Waals surface area contributed by atoms with Gasteiger partial charge in [0.15, 0.2) is 0 Å². The standard InChI is InChI=1S/C32H38F2N4O4S/c1-2-19-6-5-7-20(12-19)17-38(18-26(39)25(35)15-21-13-22(33)16-23(34)14-21)29(41)11-10-28(40)37-32-30(31(36)42)24-8-3-4-9-27(24)43-32/h5-7,12-14,16,25-26,39H,2-4,8-11,15,17-18,35H2,1H3,(H2,36,42)(H,37,40)/t25-,26+/m0/s1. The number of amides is 3. The SMILES string of the molecule is CCc1cccc(CN(C[C@@H](O)[C@@H](N)Cc2cc(F)cc(F)c2)C(=O)CCC(=O)Nc2sc3c(c2C(N)=O)CCCC3)c1. The Kier molecular flexibility index (Phi) is 11.0. The second-order valence-electron chi connectivity index (χ2n) is 11.0. The van der Waals surface area contributed by atoms with Gasteiger partial charge in [-0.15, -0.1) is 11.3 Å². The molecule has 8 nitrogen and oxygen atoms in total. The highest BCUT2D eigenvalue weighted by Gasteiger charge is 2.26. The van der Waals surface area contributed by atoms with Crippen molar-refractivity contribution in [2.24, 2.45) is 11.5 Å². The zero-order valence-electron chi connectivity index (χ0n) is 24.2. The Morgan fingerprint density at radius 2 is 1.72 bits per heavy atom. The van der Waals surface area contributed by atoms with Gasteiger partial charge in [-0.1, -0.05) is 31.2 Å². The Hall–Kier alpha value is -3.67. The minimum absolute atomic E-state index is 0.00140. The van der Waals surface area contributed by atoms with Gasteiger partial charge < -0.3 is 26.8 Å². The maximum absolute atomic E-state index is 13.7. The van der Waals surface area contributed by atoms with E-state index < -0.39 is 35.6 Å². The molecule has 3 amide bonds. The quantitative estimate of drug-likeness (QED) is 0.229. The first-order chi connectivity index (χ1) is 20.5. The minimum Gasteiger partial charge on any atom is -0.390 e. The Morgan fingerprint density at radius 1 is 1.02 bits per heavy atom. The van der Waals surface area contributed by atoms with Crippen molar-refractivity contribution in [3.8, 4) is 0 Å². The molecule has 0 spiro atoms. The highest BCUT2D eigenvalue weighted by atomic mass is 32.1. The summed E-state index contributed by atoms with van der Waals surface area (Å²) < 4.78 is 27.3. The number of nitrogens with two attached hydrogens (primary N) is 2. The van der Waals surface area contributed by atoms with E-state index in [-0.39, 0.29) is 38.3 Å². The smallest absolute Gasteiger partial charge is 0.251 e. The van der Waals surface area contributed by atoms with Crippen LogP contribution < -0.4 is 16.8 Å². The molecule has 230 valence electrons. The van der Waals surface area contributed by atoms with Gasteiger partial charge >= 0.3 is 0 Å². The molecule has 0 unspecified atom stereocenters. The Labute approximate surface area is 254 Å². The summed E-state index contributed by atoms with van der Waals surface area (Å²) in [5, 5.41) is 14.1. The summed E-state index contributed by atoms with van der Waals surface area (Å²) in [6, 6.07) is 9.87. The Balaban J connectivity index is 1.44. The number of hydrogen-bond donors (Lipinski definition) is 4. The Morgan fingerprint density at radius 3 is 2.42 bits per heavy atom. The number of hydrogen-bond acceptors (Lipinski definition) is 6. The van der Waals surface area contributed by atoms with Gasteiger partial charge in [-0.05, 0) is 72.9 Å². The van der Waals surface area contributed by atoms with Gasteiger partial charge in [0.1, 0.15) is 16.6 Å². The van der Waals surface area contributed by atoms with Crippen LogP contribution in [0.2, 0.25) is 0 Å².